The topological polar surface area (TPSA) is 95.0 Å². The Hall–Kier alpha value is -2.79. The molecule has 0 aromatic carbocycles. The number of aromatic nitrogens is 1. The Kier molecular flexibility index (Phi) is 9.33. The molecule has 1 aromatic rings. The maximum Gasteiger partial charge on any atom is 0.317 e. The number of aliphatic hydroxyl groups excluding tert-OH is 1. The highest BCUT2D eigenvalue weighted by Gasteiger charge is 2.34. The maximum atomic E-state index is 13.4. The monoisotopic (exact) mass is 444 g/mol. The van der Waals surface area contributed by atoms with Crippen molar-refractivity contribution >= 4 is 11.9 Å². The summed E-state index contributed by atoms with van der Waals surface area (Å²) in [4.78, 5) is 33.3. The van der Waals surface area contributed by atoms with E-state index in [0.29, 0.717) is 30.8 Å². The highest BCUT2D eigenvalue weighted by atomic mass is 16.5. The van der Waals surface area contributed by atoms with Gasteiger partial charge >= 0.3 is 6.03 Å². The Morgan fingerprint density at radius 2 is 2.16 bits per heavy atom. The van der Waals surface area contributed by atoms with Crippen LogP contribution in [0.4, 0.5) is 4.79 Å². The lowest BCUT2D eigenvalue weighted by atomic mass is 10.00. The van der Waals surface area contributed by atoms with Crippen molar-refractivity contribution in [2.75, 3.05) is 33.3 Å². The van der Waals surface area contributed by atoms with Crippen molar-refractivity contribution in [1.82, 2.24) is 20.1 Å². The highest BCUT2D eigenvalue weighted by molar-refractivity contribution is 5.97. The molecule has 0 radical (unpaired) electrons. The van der Waals surface area contributed by atoms with E-state index in [2.05, 4.69) is 22.1 Å². The van der Waals surface area contributed by atoms with E-state index >= 15 is 0 Å². The number of hydrogen-bond acceptors (Lipinski definition) is 5. The molecule has 8 heteroatoms. The van der Waals surface area contributed by atoms with E-state index < -0.39 is 0 Å². The number of ether oxygens (including phenoxy) is 1. The Labute approximate surface area is 191 Å². The van der Waals surface area contributed by atoms with Gasteiger partial charge in [-0.05, 0) is 19.4 Å². The predicted octanol–water partition coefficient (Wildman–Crippen LogP) is 2.36. The van der Waals surface area contributed by atoms with Gasteiger partial charge < -0.3 is 25.0 Å². The molecular weight excluding hydrogens is 408 g/mol. The van der Waals surface area contributed by atoms with Crippen molar-refractivity contribution in [3.05, 3.63) is 23.4 Å². The zero-order chi connectivity index (χ0) is 23.8. The van der Waals surface area contributed by atoms with Crippen molar-refractivity contribution in [3.8, 4) is 17.7 Å². The van der Waals surface area contributed by atoms with Crippen LogP contribution in [0, 0.1) is 23.7 Å². The number of likely N-dealkylation sites (N-methyl/N-ethyl adjacent to an activating group) is 1. The Balaban J connectivity index is 2.40. The summed E-state index contributed by atoms with van der Waals surface area (Å²) in [7, 11) is 1.72. The molecule has 0 bridgehead atoms. The molecule has 0 saturated heterocycles. The molecule has 32 heavy (non-hydrogen) atoms. The van der Waals surface area contributed by atoms with E-state index in [4.69, 9.17) is 4.74 Å². The van der Waals surface area contributed by atoms with Crippen molar-refractivity contribution in [3.63, 3.8) is 0 Å². The quantitative estimate of drug-likeness (QED) is 0.657. The smallest absolute Gasteiger partial charge is 0.317 e. The Morgan fingerprint density at radius 3 is 2.78 bits per heavy atom. The number of nitrogens with one attached hydrogen (secondary N) is 1. The summed E-state index contributed by atoms with van der Waals surface area (Å²) in [6, 6.07) is 1.16. The fraction of sp³-hybridized carbons (Fsp3) is 0.625. The molecule has 1 aliphatic rings. The van der Waals surface area contributed by atoms with E-state index in [0.717, 1.165) is 6.42 Å². The minimum atomic E-state index is -0.382. The van der Waals surface area contributed by atoms with Crippen LogP contribution < -0.4 is 10.1 Å². The minimum absolute atomic E-state index is 0.0928. The lowest BCUT2D eigenvalue weighted by Gasteiger charge is -2.37. The number of carbonyl (C=O) groups is 2. The van der Waals surface area contributed by atoms with Gasteiger partial charge in [-0.15, -0.1) is 0 Å². The summed E-state index contributed by atoms with van der Waals surface area (Å²) in [5, 5.41) is 12.6. The van der Waals surface area contributed by atoms with Crippen LogP contribution in [0.15, 0.2) is 12.3 Å². The number of carbonyl (C=O) groups excluding carboxylic acids is 2. The van der Waals surface area contributed by atoms with E-state index in [-0.39, 0.29) is 48.4 Å². The second kappa shape index (κ2) is 11.7. The van der Waals surface area contributed by atoms with Gasteiger partial charge in [0.2, 0.25) is 5.88 Å². The third-order valence-corrected chi connectivity index (χ3v) is 5.35. The van der Waals surface area contributed by atoms with Gasteiger partial charge in [-0.1, -0.05) is 39.5 Å². The molecule has 0 spiro atoms. The number of aliphatic hydroxyl groups is 1. The minimum Gasteiger partial charge on any atom is -0.472 e. The van der Waals surface area contributed by atoms with Gasteiger partial charge in [0.1, 0.15) is 11.7 Å². The van der Waals surface area contributed by atoms with E-state index in [1.165, 1.54) is 0 Å². The van der Waals surface area contributed by atoms with E-state index in [9.17, 15) is 14.7 Å². The molecule has 1 aromatic heterocycles. The van der Waals surface area contributed by atoms with Crippen LogP contribution in [0.1, 0.15) is 57.0 Å². The second-order valence-electron chi connectivity index (χ2n) is 8.74. The van der Waals surface area contributed by atoms with Crippen LogP contribution in [0.5, 0.6) is 5.88 Å². The highest BCUT2D eigenvalue weighted by Crippen LogP contribution is 2.27. The van der Waals surface area contributed by atoms with E-state index in [1.807, 2.05) is 34.6 Å². The van der Waals surface area contributed by atoms with Gasteiger partial charge in [-0.25, -0.2) is 9.78 Å². The summed E-state index contributed by atoms with van der Waals surface area (Å²) < 4.78 is 6.20. The van der Waals surface area contributed by atoms with Gasteiger partial charge in [0.15, 0.2) is 0 Å². The van der Waals surface area contributed by atoms with Gasteiger partial charge in [0.25, 0.3) is 5.91 Å². The van der Waals surface area contributed by atoms with Crippen molar-refractivity contribution in [2.45, 2.75) is 53.2 Å². The van der Waals surface area contributed by atoms with Gasteiger partial charge in [-0.2, -0.15) is 0 Å². The van der Waals surface area contributed by atoms with Gasteiger partial charge in [-0.3, -0.25) is 4.79 Å². The molecule has 2 N–H and O–H groups in total. The number of pyridine rings is 1. The fourth-order valence-electron chi connectivity index (χ4n) is 3.34. The third-order valence-electron chi connectivity index (χ3n) is 5.35. The van der Waals surface area contributed by atoms with Gasteiger partial charge in [0, 0.05) is 43.7 Å². The lowest BCUT2D eigenvalue weighted by Crippen LogP contribution is -2.51. The summed E-state index contributed by atoms with van der Waals surface area (Å²) in [6.07, 6.45) is 2.07. The van der Waals surface area contributed by atoms with Crippen LogP contribution in [-0.4, -0.2) is 77.3 Å². The lowest BCUT2D eigenvalue weighted by molar-refractivity contribution is 0.0352. The van der Waals surface area contributed by atoms with Crippen LogP contribution in [0.2, 0.25) is 0 Å². The molecule has 176 valence electrons. The summed E-state index contributed by atoms with van der Waals surface area (Å²) in [5.74, 6) is 6.20. The number of urea groups is 1. The first-order chi connectivity index (χ1) is 15.2. The number of fused-ring (bicyclic) bond motifs is 1. The molecule has 2 heterocycles. The van der Waals surface area contributed by atoms with Crippen molar-refractivity contribution in [2.24, 2.45) is 11.8 Å². The van der Waals surface area contributed by atoms with Crippen molar-refractivity contribution < 1.29 is 19.4 Å². The zero-order valence-corrected chi connectivity index (χ0v) is 20.0. The number of hydrogen-bond donors (Lipinski definition) is 2. The Morgan fingerprint density at radius 1 is 1.44 bits per heavy atom. The number of nitrogens with zero attached hydrogens (tertiary/aromatic N) is 3. The summed E-state index contributed by atoms with van der Waals surface area (Å²) in [6.45, 7) is 10.9. The average molecular weight is 445 g/mol. The molecule has 0 fully saturated rings. The first-order valence-corrected chi connectivity index (χ1v) is 11.3. The SMILES string of the molecule is CCCNC(=O)N(C)C[C@@H]1Oc2ncc(C#CC(C)C)cc2C(=O)N([C@H](C)CO)C[C@@H]1C. The molecule has 8 nitrogen and oxygen atoms in total. The van der Waals surface area contributed by atoms with Crippen LogP contribution in [-0.2, 0) is 0 Å². The first-order valence-electron chi connectivity index (χ1n) is 11.3. The molecule has 3 amide bonds. The molecule has 0 unspecified atom stereocenters. The molecular formula is C24H36N4O4. The molecule has 1 aliphatic heterocycles. The number of rotatable bonds is 6. The maximum absolute atomic E-state index is 13.4. The first kappa shape index (κ1) is 25.5. The van der Waals surface area contributed by atoms with E-state index in [1.54, 1.807) is 29.1 Å². The fourth-order valence-corrected chi connectivity index (χ4v) is 3.34. The second-order valence-corrected chi connectivity index (χ2v) is 8.74. The van der Waals surface area contributed by atoms with Gasteiger partial charge in [0.05, 0.1) is 19.2 Å². The molecule has 0 saturated carbocycles. The summed E-state index contributed by atoms with van der Waals surface area (Å²) in [5.41, 5.74) is 0.947. The summed E-state index contributed by atoms with van der Waals surface area (Å²) >= 11 is 0. The largest absolute Gasteiger partial charge is 0.472 e. The van der Waals surface area contributed by atoms with Crippen LogP contribution >= 0.6 is 0 Å². The number of amides is 3. The third kappa shape index (κ3) is 6.60. The van der Waals surface area contributed by atoms with Crippen LogP contribution in [0.25, 0.3) is 0 Å². The van der Waals surface area contributed by atoms with Crippen molar-refractivity contribution in [1.29, 1.82) is 0 Å². The predicted molar refractivity (Wildman–Crippen MR) is 123 cm³/mol. The molecule has 2 rings (SSSR count). The normalized spacial score (nSPS) is 19.1. The Bertz CT molecular complexity index is 861. The molecule has 3 atom stereocenters. The average Bonchev–Trinajstić information content (AvgIpc) is 2.77. The zero-order valence-electron chi connectivity index (χ0n) is 20.0. The van der Waals surface area contributed by atoms with Crippen LogP contribution in [0.3, 0.4) is 0 Å². The standard InChI is InChI=1S/C24H36N4O4/c1-7-10-25-24(31)27(6)14-21-17(4)13-28(18(5)15-29)23(30)20-11-19(9-8-16(2)3)12-26-22(20)32-21/h11-12,16-18,21,29H,7,10,13-15H2,1-6H3,(H,25,31)/t17-,18+,21-/m0/s1. The molecule has 0 aliphatic carbocycles.